The van der Waals surface area contributed by atoms with Crippen molar-refractivity contribution in [1.82, 2.24) is 30.8 Å². The Morgan fingerprint density at radius 1 is 0.846 bits per heavy atom. The largest absolute Gasteiger partial charge is 0.481 e. The van der Waals surface area contributed by atoms with E-state index in [4.69, 9.17) is 42.6 Å². The van der Waals surface area contributed by atoms with Crippen LogP contribution in [0.5, 0.6) is 5.88 Å². The molecule has 3 N–H and O–H groups in total. The summed E-state index contributed by atoms with van der Waals surface area (Å²) < 4.78 is 11.7. The lowest BCUT2D eigenvalue weighted by molar-refractivity contribution is -0.120. The number of fused-ring (bicyclic) bond motifs is 2. The smallest absolute Gasteiger partial charge is 0.220 e. The number of benzene rings is 2. The van der Waals surface area contributed by atoms with Crippen molar-refractivity contribution in [3.8, 4) is 39.5 Å². The third-order valence-corrected chi connectivity index (χ3v) is 11.7. The number of ether oxygens (including phenoxy) is 2. The first-order valence-electron chi connectivity index (χ1n) is 18.0. The van der Waals surface area contributed by atoms with Gasteiger partial charge in [-0.25, -0.2) is 4.98 Å². The fourth-order valence-electron chi connectivity index (χ4n) is 8.28. The number of aryl methyl sites for hydroxylation is 1. The van der Waals surface area contributed by atoms with Crippen molar-refractivity contribution in [3.63, 3.8) is 0 Å². The van der Waals surface area contributed by atoms with Crippen molar-refractivity contribution in [2.75, 3.05) is 33.9 Å². The Kier molecular flexibility index (Phi) is 9.93. The van der Waals surface area contributed by atoms with Gasteiger partial charge in [0.1, 0.15) is 0 Å². The summed E-state index contributed by atoms with van der Waals surface area (Å²) in [5.41, 5.74) is 9.17. The quantitative estimate of drug-likeness (QED) is 0.170. The van der Waals surface area contributed by atoms with Gasteiger partial charge in [-0.3, -0.25) is 19.5 Å². The van der Waals surface area contributed by atoms with E-state index in [1.807, 2.05) is 42.6 Å². The summed E-state index contributed by atoms with van der Waals surface area (Å²) in [7, 11) is 3.38. The van der Waals surface area contributed by atoms with Crippen molar-refractivity contribution in [1.29, 1.82) is 0 Å². The van der Waals surface area contributed by atoms with Crippen LogP contribution < -0.4 is 20.7 Å². The van der Waals surface area contributed by atoms with Crippen LogP contribution in [0.1, 0.15) is 66.5 Å². The third-order valence-electron chi connectivity index (χ3n) is 10.9. The van der Waals surface area contributed by atoms with E-state index < -0.39 is 0 Å². The number of amides is 2. The number of aromatic nitrogens is 2. The summed E-state index contributed by atoms with van der Waals surface area (Å²) in [5.74, 6) is 0.821. The topological polar surface area (TPSA) is 118 Å². The average molecular weight is 742 g/mol. The summed E-state index contributed by atoms with van der Waals surface area (Å²) >= 11 is 14.5. The van der Waals surface area contributed by atoms with Crippen LogP contribution in [0.15, 0.2) is 54.7 Å². The summed E-state index contributed by atoms with van der Waals surface area (Å²) in [6.07, 6.45) is 6.47. The van der Waals surface area contributed by atoms with Gasteiger partial charge in [0, 0.05) is 104 Å². The van der Waals surface area contributed by atoms with Crippen LogP contribution in [-0.4, -0.2) is 72.6 Å². The van der Waals surface area contributed by atoms with Gasteiger partial charge < -0.3 is 25.4 Å². The molecule has 3 aliphatic heterocycles. The zero-order chi connectivity index (χ0) is 35.9. The minimum absolute atomic E-state index is 0.1000. The van der Waals surface area contributed by atoms with E-state index in [2.05, 4.69) is 33.0 Å². The van der Waals surface area contributed by atoms with Gasteiger partial charge in [-0.15, -0.1) is 0 Å². The molecule has 10 nitrogen and oxygen atoms in total. The first-order valence-corrected chi connectivity index (χ1v) is 18.8. The Morgan fingerprint density at radius 3 is 2.15 bits per heavy atom. The number of carbonyl (C=O) groups is 2. The van der Waals surface area contributed by atoms with Gasteiger partial charge in [-0.1, -0.05) is 59.6 Å². The van der Waals surface area contributed by atoms with Crippen LogP contribution in [0.25, 0.3) is 33.6 Å². The number of pyridine rings is 2. The van der Waals surface area contributed by atoms with E-state index in [1.165, 1.54) is 5.56 Å². The molecule has 1 aliphatic carbocycles. The molecule has 52 heavy (non-hydrogen) atoms. The molecule has 2 amide bonds. The standard InChI is InChI=1S/C40H42Cl2N6O4/c1-51-34-21-48(20-25-11-14-36(50)46-25)19-23-16-32(44-18-30(23)34)28-7-3-5-26(38(28)41)27-6-4-8-29(39(27)42)33-15-22-9-12-31(37(22)40(47-33)52-2)43-17-24-10-13-35(49)45-24/h3-8,15-16,18,24-25,31,34,43H,9-14,17,19-21H2,1-2H3,(H,45,49)(H,46,50)/t24-,25?,31-,34?/m0/s1. The highest BCUT2D eigenvalue weighted by Gasteiger charge is 2.32. The van der Waals surface area contributed by atoms with Crippen molar-refractivity contribution >= 4 is 35.0 Å². The second-order valence-corrected chi connectivity index (χ2v) is 15.0. The fraction of sp³-hybridized carbons (Fsp3) is 0.400. The highest BCUT2D eigenvalue weighted by Crippen LogP contribution is 2.45. The maximum Gasteiger partial charge on any atom is 0.220 e. The van der Waals surface area contributed by atoms with Crippen molar-refractivity contribution in [3.05, 3.63) is 87.0 Å². The molecule has 0 spiro atoms. The van der Waals surface area contributed by atoms with E-state index in [1.54, 1.807) is 14.2 Å². The Balaban J connectivity index is 1.07. The molecular weight excluding hydrogens is 699 g/mol. The van der Waals surface area contributed by atoms with Crippen LogP contribution in [0.4, 0.5) is 0 Å². The van der Waals surface area contributed by atoms with E-state index in [0.717, 1.165) is 95.6 Å². The molecule has 0 saturated carbocycles. The number of nitrogens with one attached hydrogen (secondary N) is 3. The average Bonchev–Trinajstić information content (AvgIpc) is 3.89. The van der Waals surface area contributed by atoms with Gasteiger partial charge in [0.15, 0.2) is 0 Å². The van der Waals surface area contributed by atoms with Crippen molar-refractivity contribution in [2.24, 2.45) is 0 Å². The monoisotopic (exact) mass is 740 g/mol. The minimum Gasteiger partial charge on any atom is -0.481 e. The Hall–Kier alpha value is -4.06. The number of halogens is 2. The highest BCUT2D eigenvalue weighted by atomic mass is 35.5. The maximum absolute atomic E-state index is 11.8. The van der Waals surface area contributed by atoms with E-state index in [0.29, 0.717) is 35.3 Å². The van der Waals surface area contributed by atoms with Gasteiger partial charge in [0.25, 0.3) is 0 Å². The van der Waals surface area contributed by atoms with Gasteiger partial charge in [0.2, 0.25) is 17.7 Å². The summed E-state index contributed by atoms with van der Waals surface area (Å²) in [6, 6.07) is 16.5. The molecule has 0 bridgehead atoms. The van der Waals surface area contributed by atoms with Crippen LogP contribution in [0.3, 0.4) is 0 Å². The molecule has 8 rings (SSSR count). The molecule has 2 saturated heterocycles. The molecular formula is C40H42Cl2N6O4. The van der Waals surface area contributed by atoms with Gasteiger partial charge in [0.05, 0.1) is 34.6 Å². The highest BCUT2D eigenvalue weighted by molar-refractivity contribution is 6.39. The molecule has 2 unspecified atom stereocenters. The Bertz CT molecular complexity index is 2040. The zero-order valence-corrected chi connectivity index (χ0v) is 30.8. The summed E-state index contributed by atoms with van der Waals surface area (Å²) in [6.45, 7) is 2.96. The van der Waals surface area contributed by atoms with E-state index in [-0.39, 0.29) is 36.0 Å². The van der Waals surface area contributed by atoms with Crippen molar-refractivity contribution in [2.45, 2.75) is 69.3 Å². The molecule has 4 atom stereocenters. The summed E-state index contributed by atoms with van der Waals surface area (Å²) in [5, 5.41) is 10.9. The Labute approximate surface area is 313 Å². The third kappa shape index (κ3) is 6.78. The summed E-state index contributed by atoms with van der Waals surface area (Å²) in [4.78, 5) is 35.7. The molecule has 270 valence electrons. The van der Waals surface area contributed by atoms with Crippen molar-refractivity contribution < 1.29 is 19.1 Å². The lowest BCUT2D eigenvalue weighted by Crippen LogP contribution is -2.42. The van der Waals surface area contributed by atoms with Crippen LogP contribution in [0, 0.1) is 0 Å². The first-order chi connectivity index (χ1) is 25.3. The van der Waals surface area contributed by atoms with E-state index >= 15 is 0 Å². The van der Waals surface area contributed by atoms with Gasteiger partial charge >= 0.3 is 0 Å². The van der Waals surface area contributed by atoms with E-state index in [9.17, 15) is 9.59 Å². The normalized spacial score (nSPS) is 22.6. The second kappa shape index (κ2) is 14.8. The minimum atomic E-state index is -0.111. The maximum atomic E-state index is 11.8. The lowest BCUT2D eigenvalue weighted by atomic mass is 9.95. The van der Waals surface area contributed by atoms with Crippen LogP contribution in [-0.2, 0) is 27.3 Å². The number of nitrogens with zero attached hydrogens (tertiary/aromatic N) is 3. The number of rotatable bonds is 10. The zero-order valence-electron chi connectivity index (χ0n) is 29.3. The number of hydrogen-bond acceptors (Lipinski definition) is 8. The second-order valence-electron chi connectivity index (χ2n) is 14.2. The molecule has 12 heteroatoms. The molecule has 4 aliphatic rings. The fourth-order valence-corrected chi connectivity index (χ4v) is 8.93. The Morgan fingerprint density at radius 2 is 1.50 bits per heavy atom. The predicted octanol–water partition coefficient (Wildman–Crippen LogP) is 6.43. The first kappa shape index (κ1) is 35.0. The molecule has 2 aromatic carbocycles. The SMILES string of the molecule is COc1nc(-c2cccc(-c3cccc(-c4cc5c(cn4)C(OC)CN(CC4CCC(=O)N4)C5)c3Cl)c2Cl)cc2c1[C@@H](NC[C@@H]1CCC(=O)N1)CC2. The molecule has 4 aromatic rings. The molecule has 5 heterocycles. The number of methoxy groups -OCH3 is 2. The van der Waals surface area contributed by atoms with Crippen LogP contribution in [0.2, 0.25) is 10.0 Å². The predicted molar refractivity (Wildman–Crippen MR) is 201 cm³/mol. The number of carbonyl (C=O) groups excluding carboxylic acids is 2. The number of hydrogen-bond donors (Lipinski definition) is 3. The lowest BCUT2D eigenvalue weighted by Gasteiger charge is -2.35. The van der Waals surface area contributed by atoms with Gasteiger partial charge in [-0.2, -0.15) is 0 Å². The van der Waals surface area contributed by atoms with Gasteiger partial charge in [-0.05, 0) is 48.9 Å². The molecule has 2 fully saturated rings. The molecule has 2 aromatic heterocycles. The molecule has 0 radical (unpaired) electrons. The van der Waals surface area contributed by atoms with Crippen LogP contribution >= 0.6 is 23.2 Å².